The Labute approximate surface area is 519 Å². The summed E-state index contributed by atoms with van der Waals surface area (Å²) in [6, 6.07) is -3.65. The molecule has 0 aromatic carbocycles. The number of carboxylic acid groups (broad SMARTS) is 1. The molecule has 0 aromatic rings. The third-order valence-corrected chi connectivity index (χ3v) is 14.9. The van der Waals surface area contributed by atoms with Crippen molar-refractivity contribution in [2.45, 2.75) is 175 Å². The van der Waals surface area contributed by atoms with Crippen molar-refractivity contribution in [2.75, 3.05) is 38.7 Å². The molecule has 0 spiro atoms. The maximum absolute atomic E-state index is 12.6. The number of carbonyl (C=O) groups excluding carboxylic acids is 6. The number of hydrogen-bond donors (Lipinski definition) is 11. The molecule has 38 heteroatoms. The van der Waals surface area contributed by atoms with Gasteiger partial charge in [-0.3, -0.25) is 27.5 Å². The second-order valence-electron chi connectivity index (χ2n) is 18.0. The van der Waals surface area contributed by atoms with Gasteiger partial charge in [0.05, 0.1) is 37.9 Å². The summed E-state index contributed by atoms with van der Waals surface area (Å²) >= 11 is 1.81. The van der Waals surface area contributed by atoms with Gasteiger partial charge < -0.3 is 105 Å². The van der Waals surface area contributed by atoms with Crippen LogP contribution in [0, 0.1) is 0 Å². The number of ether oxygens (including phenoxy) is 6. The first-order chi connectivity index (χ1) is 35.3. The minimum absolute atomic E-state index is 0. The average Bonchev–Trinajstić information content (AvgIpc) is 3.88. The number of hydrogen-bond acceptors (Lipinski definition) is 27. The van der Waals surface area contributed by atoms with E-state index in [0.717, 1.165) is 32.4 Å². The zero-order valence-electron chi connectivity index (χ0n) is 43.3. The van der Waals surface area contributed by atoms with E-state index in [1.807, 2.05) is 11.8 Å². The van der Waals surface area contributed by atoms with Crippen molar-refractivity contribution in [3.63, 3.8) is 0 Å². The molecular weight excluding hydrogens is 1150 g/mol. The fourth-order valence-electron chi connectivity index (χ4n) is 9.05. The van der Waals surface area contributed by atoms with E-state index in [9.17, 15) is 85.3 Å². The van der Waals surface area contributed by atoms with Crippen molar-refractivity contribution in [1.82, 2.24) is 31.9 Å². The summed E-state index contributed by atoms with van der Waals surface area (Å²) < 4.78 is 113. The van der Waals surface area contributed by atoms with Gasteiger partial charge in [-0.15, -0.1) is 0 Å². The van der Waals surface area contributed by atoms with Crippen LogP contribution in [-0.4, -0.2) is 235 Å². The van der Waals surface area contributed by atoms with Crippen LogP contribution in [0.15, 0.2) is 0 Å². The van der Waals surface area contributed by atoms with E-state index in [2.05, 4.69) is 40.3 Å². The van der Waals surface area contributed by atoms with E-state index >= 15 is 0 Å². The maximum Gasteiger partial charge on any atom is 1.00 e. The summed E-state index contributed by atoms with van der Waals surface area (Å²) in [5.74, 6) is -3.71. The second kappa shape index (κ2) is 34.3. The zero-order valence-corrected chi connectivity index (χ0v) is 51.8. The summed E-state index contributed by atoms with van der Waals surface area (Å²) in [4.78, 5) is 73.7. The fraction of sp³-hybridized carbons (Fsp3) is 0.850. The Kier molecular flexibility index (Phi) is 32.2. The summed E-state index contributed by atoms with van der Waals surface area (Å²) in [5.41, 5.74) is 0. The molecular formula is C40H63N6Na3O26S3. The number of rotatable bonds is 28. The standard InChI is InChI=1S/C40H66N6O26S3.3Na/c1-17(49)43-26-28(53)31(71-74(59,60)61)20(14-47)67-38(26)69-34-29(54)30(55)39(70-35(34)36(56)57)68-33-27(44-18(2)50)37(66-21(15-48)32(33)72-75(62,63)64)65-13-12-42-24(52)9-4-3-7-11-41-23(51)10-6-5-8-22-25-19(16-73-22)45-40(58)46-25;;;/h19-22,25-35,37-39,47-48,53-55H,3-16H2,1-2H3,(H,41,51)(H,42,52)(H,43,49)(H,44,50)(H,56,57)(H2,45,46,58)(H,59,60,61)(H,62,63,64);;;/q;3*+1/p-3/t19-,20+,21+,22-,25-,26+,27+,28+,29+,30+,31-,32-,33+,34-,35-,37+,38-,39+;;;/m0.../s1. The van der Waals surface area contributed by atoms with Crippen molar-refractivity contribution >= 4 is 68.2 Å². The van der Waals surface area contributed by atoms with E-state index in [4.69, 9.17) is 28.4 Å². The Bertz CT molecular complexity index is 2210. The Hall–Kier alpha value is -0.730. The van der Waals surface area contributed by atoms with Crippen molar-refractivity contribution in [3.05, 3.63) is 0 Å². The van der Waals surface area contributed by atoms with Gasteiger partial charge in [-0.2, -0.15) is 11.8 Å². The molecule has 0 aliphatic carbocycles. The van der Waals surface area contributed by atoms with Crippen molar-refractivity contribution in [1.29, 1.82) is 0 Å². The molecule has 0 saturated carbocycles. The molecule has 0 radical (unpaired) electrons. The molecule has 78 heavy (non-hydrogen) atoms. The summed E-state index contributed by atoms with van der Waals surface area (Å²) in [7, 11) is -11.3. The molecule has 6 amide bonds. The molecule has 0 bridgehead atoms. The Balaban J connectivity index is 0.00000693. The number of aliphatic hydroxyl groups excluding tert-OH is 5. The maximum atomic E-state index is 12.6. The van der Waals surface area contributed by atoms with Crippen LogP contribution in [0.2, 0.25) is 0 Å². The van der Waals surface area contributed by atoms with Gasteiger partial charge in [0.15, 0.2) is 18.9 Å². The number of carboxylic acids is 1. The third-order valence-electron chi connectivity index (χ3n) is 12.4. The second-order valence-corrected chi connectivity index (χ2v) is 21.3. The first-order valence-electron chi connectivity index (χ1n) is 23.7. The van der Waals surface area contributed by atoms with Gasteiger partial charge in [-0.05, 0) is 25.7 Å². The van der Waals surface area contributed by atoms with Crippen molar-refractivity contribution in [2.24, 2.45) is 0 Å². The van der Waals surface area contributed by atoms with Crippen LogP contribution in [0.5, 0.6) is 0 Å². The SMILES string of the molecule is CC(=O)N[C@H]1[C@H](O[C@H]2[C@H](O)[C@@H](O)[C@H](O[C@@H]3[C@@H](NC(C)=O)[C@H](OCCNC(=O)CCCCCNC(=O)CCCC[C@@H]4SC[C@@H]5NC(=O)N[C@@H]54)O[C@H](CO)[C@@H]3OS(=O)(=O)[O-])O[C@@H]2C(=O)[O-])O[C@H](CO)[C@H](OS(=O)(=O)[O-])[C@@H]1O.[Na+].[Na+].[Na+]. The van der Waals surface area contributed by atoms with Gasteiger partial charge in [0.2, 0.25) is 44.4 Å². The number of urea groups is 1. The zero-order chi connectivity index (χ0) is 55.4. The molecule has 5 rings (SSSR count). The van der Waals surface area contributed by atoms with E-state index in [1.165, 1.54) is 0 Å². The first kappa shape index (κ1) is 73.4. The first-order valence-corrected chi connectivity index (χ1v) is 27.4. The largest absolute Gasteiger partial charge is 1.00 e. The quantitative estimate of drug-likeness (QED) is 0.0114. The third kappa shape index (κ3) is 22.0. The predicted molar refractivity (Wildman–Crippen MR) is 242 cm³/mol. The van der Waals surface area contributed by atoms with Crippen LogP contribution >= 0.6 is 11.8 Å². The molecule has 0 aromatic heterocycles. The summed E-state index contributed by atoms with van der Waals surface area (Å²) in [5, 5.41) is 82.3. The molecule has 11 N–H and O–H groups in total. The van der Waals surface area contributed by atoms with Gasteiger partial charge in [0.1, 0.15) is 73.1 Å². The number of thioether (sulfide) groups is 1. The van der Waals surface area contributed by atoms with E-state index in [-0.39, 0.29) is 126 Å². The number of amides is 6. The number of unbranched alkanes of at least 4 members (excludes halogenated alkanes) is 3. The van der Waals surface area contributed by atoms with E-state index in [1.54, 1.807) is 0 Å². The molecule has 430 valence electrons. The minimum Gasteiger partial charge on any atom is -0.726 e. The normalized spacial score (nSPS) is 33.5. The van der Waals surface area contributed by atoms with Crippen LogP contribution < -0.4 is 126 Å². The smallest absolute Gasteiger partial charge is 0.726 e. The molecule has 5 heterocycles. The van der Waals surface area contributed by atoms with Gasteiger partial charge >= 0.3 is 94.7 Å². The van der Waals surface area contributed by atoms with Crippen LogP contribution in [0.25, 0.3) is 0 Å². The predicted octanol–water partition coefficient (Wildman–Crippen LogP) is -17.0. The van der Waals surface area contributed by atoms with Crippen LogP contribution in [0.3, 0.4) is 0 Å². The molecule has 32 nitrogen and oxygen atoms in total. The molecule has 18 atom stereocenters. The number of carbonyl (C=O) groups is 6. The van der Waals surface area contributed by atoms with Crippen molar-refractivity contribution < 1.29 is 211 Å². The summed E-state index contributed by atoms with van der Waals surface area (Å²) in [6.45, 7) is -0.664. The van der Waals surface area contributed by atoms with Gasteiger partial charge in [0, 0.05) is 50.8 Å². The Morgan fingerprint density at radius 3 is 1.82 bits per heavy atom. The number of fused-ring (bicyclic) bond motifs is 1. The van der Waals surface area contributed by atoms with Crippen LogP contribution in [0.1, 0.15) is 65.2 Å². The molecule has 5 aliphatic heterocycles. The molecule has 5 saturated heterocycles. The minimum atomic E-state index is -5.75. The van der Waals surface area contributed by atoms with Gasteiger partial charge in [-0.1, -0.05) is 12.8 Å². The monoisotopic (exact) mass is 1210 g/mol. The van der Waals surface area contributed by atoms with Crippen molar-refractivity contribution in [3.8, 4) is 0 Å². The fourth-order valence-corrected chi connectivity index (χ4v) is 11.6. The van der Waals surface area contributed by atoms with E-state index < -0.39 is 156 Å². The Morgan fingerprint density at radius 1 is 0.679 bits per heavy atom. The van der Waals surface area contributed by atoms with Crippen LogP contribution in [-0.2, 0) is 81.6 Å². The van der Waals surface area contributed by atoms with Crippen LogP contribution in [0.4, 0.5) is 4.79 Å². The van der Waals surface area contributed by atoms with E-state index in [0.29, 0.717) is 43.9 Å². The molecule has 5 aliphatic rings. The number of aliphatic carboxylic acids is 1. The number of aliphatic hydroxyl groups is 5. The average molecular weight is 1210 g/mol. The van der Waals surface area contributed by atoms with Gasteiger partial charge in [-0.25, -0.2) is 21.6 Å². The van der Waals surface area contributed by atoms with Gasteiger partial charge in [0.25, 0.3) is 0 Å². The molecule has 0 unspecified atom stereocenters. The number of nitrogens with one attached hydrogen (secondary N) is 6. The topological polar surface area (TPSA) is 487 Å². The summed E-state index contributed by atoms with van der Waals surface area (Å²) in [6.07, 6.45) is -24.4. The molecule has 5 fully saturated rings. The Morgan fingerprint density at radius 2 is 1.23 bits per heavy atom.